The maximum Gasteiger partial charge on any atom is 0.115 e. The average molecular weight is 284 g/mol. The first-order chi connectivity index (χ1) is 7.18. The molecule has 2 rings (SSSR count). The van der Waals surface area contributed by atoms with Gasteiger partial charge in [-0.05, 0) is 40.5 Å². The maximum atomic E-state index is 10.1. The predicted molar refractivity (Wildman–Crippen MR) is 65.1 cm³/mol. The van der Waals surface area contributed by atoms with E-state index in [1.165, 1.54) is 0 Å². The first-order valence-electron chi connectivity index (χ1n) is 4.52. The zero-order chi connectivity index (χ0) is 10.8. The van der Waals surface area contributed by atoms with Gasteiger partial charge in [-0.1, -0.05) is 6.07 Å². The fourth-order valence-corrected chi connectivity index (χ4v) is 2.91. The fraction of sp³-hybridized carbons (Fsp3) is 0.182. The Hall–Kier alpha value is -0.710. The molecule has 2 nitrogen and oxygen atoms in total. The summed E-state index contributed by atoms with van der Waals surface area (Å²) in [6, 6.07) is 5.70. The second-order valence-electron chi connectivity index (χ2n) is 3.29. The number of aromatic nitrogens is 1. The highest BCUT2D eigenvalue weighted by Crippen LogP contribution is 2.33. The molecule has 0 amide bonds. The third-order valence-electron chi connectivity index (χ3n) is 2.15. The van der Waals surface area contributed by atoms with Crippen molar-refractivity contribution in [3.63, 3.8) is 0 Å². The zero-order valence-corrected chi connectivity index (χ0v) is 10.5. The average Bonchev–Trinajstić information content (AvgIpc) is 2.59. The van der Waals surface area contributed by atoms with Crippen LogP contribution >= 0.6 is 27.3 Å². The molecule has 0 aliphatic rings. The smallest absolute Gasteiger partial charge is 0.115 e. The Bertz CT molecular complexity index is 435. The van der Waals surface area contributed by atoms with E-state index in [1.54, 1.807) is 23.7 Å². The van der Waals surface area contributed by atoms with Gasteiger partial charge in [0.05, 0.1) is 3.79 Å². The molecular weight excluding hydrogens is 274 g/mol. The van der Waals surface area contributed by atoms with Crippen molar-refractivity contribution in [1.82, 2.24) is 4.98 Å². The van der Waals surface area contributed by atoms with Gasteiger partial charge in [0.25, 0.3) is 0 Å². The normalized spacial score (nSPS) is 12.7. The monoisotopic (exact) mass is 283 g/mol. The number of halogens is 1. The van der Waals surface area contributed by atoms with E-state index in [1.807, 2.05) is 25.1 Å². The maximum absolute atomic E-state index is 10.1. The van der Waals surface area contributed by atoms with Crippen molar-refractivity contribution >= 4 is 27.3 Å². The third kappa shape index (κ3) is 2.27. The summed E-state index contributed by atoms with van der Waals surface area (Å²) in [5.74, 6) is 0. The molecule has 78 valence electrons. The molecule has 1 unspecified atom stereocenters. The first-order valence-corrected chi connectivity index (χ1v) is 6.13. The standard InChI is InChI=1S/C11H10BrNOS/c1-7-5-9(15-11(7)12)10(14)8-3-2-4-13-6-8/h2-6,10,14H,1H3. The summed E-state index contributed by atoms with van der Waals surface area (Å²) in [7, 11) is 0. The van der Waals surface area contributed by atoms with Crippen LogP contribution in [-0.4, -0.2) is 10.1 Å². The zero-order valence-electron chi connectivity index (χ0n) is 8.14. The number of hydrogen-bond acceptors (Lipinski definition) is 3. The molecule has 2 heterocycles. The quantitative estimate of drug-likeness (QED) is 0.918. The topological polar surface area (TPSA) is 33.1 Å². The Kier molecular flexibility index (Phi) is 3.19. The van der Waals surface area contributed by atoms with Gasteiger partial charge in [-0.3, -0.25) is 4.98 Å². The van der Waals surface area contributed by atoms with Crippen LogP contribution in [0.5, 0.6) is 0 Å². The van der Waals surface area contributed by atoms with Crippen LogP contribution in [0.1, 0.15) is 22.1 Å². The molecule has 0 radical (unpaired) electrons. The molecule has 0 saturated heterocycles. The van der Waals surface area contributed by atoms with E-state index in [2.05, 4.69) is 20.9 Å². The van der Waals surface area contributed by atoms with Crippen LogP contribution < -0.4 is 0 Å². The molecule has 0 saturated carbocycles. The number of pyridine rings is 1. The van der Waals surface area contributed by atoms with E-state index in [0.29, 0.717) is 0 Å². The summed E-state index contributed by atoms with van der Waals surface area (Å²) in [6.07, 6.45) is 2.81. The van der Waals surface area contributed by atoms with E-state index < -0.39 is 6.10 Å². The summed E-state index contributed by atoms with van der Waals surface area (Å²) >= 11 is 5.00. The molecule has 2 aromatic rings. The molecule has 0 fully saturated rings. The van der Waals surface area contributed by atoms with E-state index in [9.17, 15) is 5.11 Å². The lowest BCUT2D eigenvalue weighted by Gasteiger charge is -2.07. The number of aliphatic hydroxyl groups is 1. The van der Waals surface area contributed by atoms with Gasteiger partial charge in [0.15, 0.2) is 0 Å². The Morgan fingerprint density at radius 2 is 2.33 bits per heavy atom. The number of thiophene rings is 1. The van der Waals surface area contributed by atoms with E-state index >= 15 is 0 Å². The minimum atomic E-state index is -0.575. The summed E-state index contributed by atoms with van der Waals surface area (Å²) in [5.41, 5.74) is 1.98. The largest absolute Gasteiger partial charge is 0.383 e. The highest BCUT2D eigenvalue weighted by atomic mass is 79.9. The van der Waals surface area contributed by atoms with Gasteiger partial charge in [0.1, 0.15) is 6.10 Å². The summed E-state index contributed by atoms with van der Waals surface area (Å²) in [4.78, 5) is 4.93. The predicted octanol–water partition coefficient (Wildman–Crippen LogP) is 3.30. The molecule has 0 spiro atoms. The van der Waals surface area contributed by atoms with Gasteiger partial charge < -0.3 is 5.11 Å². The van der Waals surface area contributed by atoms with Crippen molar-refractivity contribution < 1.29 is 5.11 Å². The highest BCUT2D eigenvalue weighted by Gasteiger charge is 2.14. The van der Waals surface area contributed by atoms with Crippen molar-refractivity contribution in [2.75, 3.05) is 0 Å². The van der Waals surface area contributed by atoms with Crippen molar-refractivity contribution in [2.45, 2.75) is 13.0 Å². The Labute approximate surface area is 101 Å². The number of aryl methyl sites for hydroxylation is 1. The summed E-state index contributed by atoms with van der Waals surface area (Å²) in [5, 5.41) is 10.1. The van der Waals surface area contributed by atoms with E-state index in [-0.39, 0.29) is 0 Å². The van der Waals surface area contributed by atoms with Gasteiger partial charge in [-0.25, -0.2) is 0 Å². The van der Waals surface area contributed by atoms with Gasteiger partial charge in [0, 0.05) is 22.8 Å². The molecular formula is C11H10BrNOS. The SMILES string of the molecule is Cc1cc(C(O)c2cccnc2)sc1Br. The molecule has 4 heteroatoms. The lowest BCUT2D eigenvalue weighted by atomic mass is 10.1. The molecule has 0 bridgehead atoms. The minimum Gasteiger partial charge on any atom is -0.383 e. The van der Waals surface area contributed by atoms with Crippen LogP contribution in [0.3, 0.4) is 0 Å². The molecule has 2 aromatic heterocycles. The van der Waals surface area contributed by atoms with Crippen molar-refractivity contribution in [3.05, 3.63) is 50.4 Å². The molecule has 0 aliphatic heterocycles. The molecule has 0 aliphatic carbocycles. The highest BCUT2D eigenvalue weighted by molar-refractivity contribution is 9.11. The van der Waals surface area contributed by atoms with Crippen LogP contribution in [-0.2, 0) is 0 Å². The van der Waals surface area contributed by atoms with Crippen LogP contribution in [0.2, 0.25) is 0 Å². The first kappa shape index (κ1) is 10.8. The fourth-order valence-electron chi connectivity index (χ4n) is 1.32. The summed E-state index contributed by atoms with van der Waals surface area (Å²) in [6.45, 7) is 2.01. The number of aliphatic hydroxyl groups excluding tert-OH is 1. The Balaban J connectivity index is 2.32. The number of nitrogens with zero attached hydrogens (tertiary/aromatic N) is 1. The Morgan fingerprint density at radius 1 is 1.53 bits per heavy atom. The van der Waals surface area contributed by atoms with E-state index in [0.717, 1.165) is 19.8 Å². The Morgan fingerprint density at radius 3 is 2.87 bits per heavy atom. The third-order valence-corrected chi connectivity index (χ3v) is 4.33. The van der Waals surface area contributed by atoms with Crippen molar-refractivity contribution in [3.8, 4) is 0 Å². The van der Waals surface area contributed by atoms with Gasteiger partial charge in [0.2, 0.25) is 0 Å². The van der Waals surface area contributed by atoms with Gasteiger partial charge in [-0.2, -0.15) is 0 Å². The molecule has 15 heavy (non-hydrogen) atoms. The second-order valence-corrected chi connectivity index (χ2v) is 5.70. The van der Waals surface area contributed by atoms with Crippen LogP contribution in [0.4, 0.5) is 0 Å². The number of hydrogen-bond donors (Lipinski definition) is 1. The lowest BCUT2D eigenvalue weighted by Crippen LogP contribution is -1.96. The second kappa shape index (κ2) is 4.43. The molecule has 1 atom stereocenters. The van der Waals surface area contributed by atoms with Crippen molar-refractivity contribution in [2.24, 2.45) is 0 Å². The van der Waals surface area contributed by atoms with Gasteiger partial charge in [-0.15, -0.1) is 11.3 Å². The van der Waals surface area contributed by atoms with Crippen LogP contribution in [0.15, 0.2) is 34.4 Å². The molecule has 1 N–H and O–H groups in total. The van der Waals surface area contributed by atoms with E-state index in [4.69, 9.17) is 0 Å². The van der Waals surface area contributed by atoms with Crippen LogP contribution in [0.25, 0.3) is 0 Å². The van der Waals surface area contributed by atoms with Crippen LogP contribution in [0, 0.1) is 6.92 Å². The summed E-state index contributed by atoms with van der Waals surface area (Å²) < 4.78 is 1.07. The van der Waals surface area contributed by atoms with Gasteiger partial charge >= 0.3 is 0 Å². The molecule has 0 aromatic carbocycles. The number of rotatable bonds is 2. The minimum absolute atomic E-state index is 0.575. The lowest BCUT2D eigenvalue weighted by molar-refractivity contribution is 0.223. The van der Waals surface area contributed by atoms with Crippen molar-refractivity contribution in [1.29, 1.82) is 0 Å².